The molecule has 3 nitrogen and oxygen atoms in total. The Kier molecular flexibility index (Phi) is 7.29. The molecule has 0 radical (unpaired) electrons. The molecular formula is C25H32O3. The van der Waals surface area contributed by atoms with E-state index < -0.39 is 12.2 Å². The molecule has 2 aromatic rings. The zero-order valence-electron chi connectivity index (χ0n) is 17.8. The van der Waals surface area contributed by atoms with E-state index in [2.05, 4.69) is 43.0 Å². The van der Waals surface area contributed by atoms with E-state index in [0.29, 0.717) is 6.61 Å². The van der Waals surface area contributed by atoms with Crippen molar-refractivity contribution < 1.29 is 14.9 Å². The number of aryl methyl sites for hydroxylation is 2. The summed E-state index contributed by atoms with van der Waals surface area (Å²) in [5, 5.41) is 19.5. The fourth-order valence-electron chi connectivity index (χ4n) is 2.77. The third-order valence-corrected chi connectivity index (χ3v) is 4.58. The largest absolute Gasteiger partial charge is 0.491 e. The first-order valence-corrected chi connectivity index (χ1v) is 9.76. The average Bonchev–Trinajstić information content (AvgIpc) is 2.59. The van der Waals surface area contributed by atoms with Gasteiger partial charge in [0.15, 0.2) is 0 Å². The third kappa shape index (κ3) is 6.41. The Balaban J connectivity index is 2.11. The van der Waals surface area contributed by atoms with E-state index in [-0.39, 0.29) is 5.41 Å². The number of ether oxygens (including phenoxy) is 1. The van der Waals surface area contributed by atoms with Crippen LogP contribution in [0.4, 0.5) is 0 Å². The summed E-state index contributed by atoms with van der Waals surface area (Å²) >= 11 is 0. The Labute approximate surface area is 169 Å². The van der Waals surface area contributed by atoms with Crippen molar-refractivity contribution in [2.45, 2.75) is 60.2 Å². The van der Waals surface area contributed by atoms with Crippen LogP contribution < -0.4 is 4.74 Å². The molecule has 2 aromatic carbocycles. The zero-order chi connectivity index (χ0) is 20.9. The second kappa shape index (κ2) is 9.28. The van der Waals surface area contributed by atoms with E-state index >= 15 is 0 Å². The van der Waals surface area contributed by atoms with Gasteiger partial charge in [0.1, 0.15) is 18.5 Å². The zero-order valence-corrected chi connectivity index (χ0v) is 17.8. The Morgan fingerprint density at radius 1 is 0.964 bits per heavy atom. The molecule has 2 atom stereocenters. The molecule has 0 fully saturated rings. The Bertz CT molecular complexity index is 864. The molecule has 150 valence electrons. The maximum Gasteiger partial charge on any atom is 0.122 e. The third-order valence-electron chi connectivity index (χ3n) is 4.58. The quantitative estimate of drug-likeness (QED) is 0.756. The van der Waals surface area contributed by atoms with Gasteiger partial charge in [0.05, 0.1) is 6.10 Å². The maximum absolute atomic E-state index is 10.1. The molecule has 28 heavy (non-hydrogen) atoms. The SMILES string of the molecule is Cc1cc(Cc2ccc(OCC(C)O)c(C)c2)ccc1C#CC(O)C(C)(C)C. The fourth-order valence-corrected chi connectivity index (χ4v) is 2.77. The number of aliphatic hydroxyl groups is 2. The van der Waals surface area contributed by atoms with Crippen molar-refractivity contribution in [1.82, 2.24) is 0 Å². The van der Waals surface area contributed by atoms with Crippen molar-refractivity contribution >= 4 is 0 Å². The lowest BCUT2D eigenvalue weighted by molar-refractivity contribution is 0.114. The summed E-state index contributed by atoms with van der Waals surface area (Å²) in [5.74, 6) is 6.88. The summed E-state index contributed by atoms with van der Waals surface area (Å²) in [7, 11) is 0. The van der Waals surface area contributed by atoms with Crippen LogP contribution in [0.1, 0.15) is 55.5 Å². The summed E-state index contributed by atoms with van der Waals surface area (Å²) in [6, 6.07) is 12.4. The molecule has 0 heterocycles. The summed E-state index contributed by atoms with van der Waals surface area (Å²) in [6.45, 7) is 12.0. The summed E-state index contributed by atoms with van der Waals surface area (Å²) in [5.41, 5.74) is 5.31. The smallest absolute Gasteiger partial charge is 0.122 e. The van der Waals surface area contributed by atoms with Crippen LogP contribution in [0.2, 0.25) is 0 Å². The molecule has 0 aliphatic rings. The van der Waals surface area contributed by atoms with Gasteiger partial charge in [-0.05, 0) is 67.0 Å². The van der Waals surface area contributed by atoms with Crippen molar-refractivity contribution in [1.29, 1.82) is 0 Å². The highest BCUT2D eigenvalue weighted by Crippen LogP contribution is 2.22. The minimum Gasteiger partial charge on any atom is -0.491 e. The van der Waals surface area contributed by atoms with Gasteiger partial charge in [0, 0.05) is 5.56 Å². The normalized spacial score (nSPS) is 13.4. The molecule has 0 bridgehead atoms. The van der Waals surface area contributed by atoms with Gasteiger partial charge < -0.3 is 14.9 Å². The lowest BCUT2D eigenvalue weighted by Gasteiger charge is -2.20. The molecule has 3 heteroatoms. The molecule has 2 unspecified atom stereocenters. The number of rotatable bonds is 5. The van der Waals surface area contributed by atoms with Crippen LogP contribution in [0.25, 0.3) is 0 Å². The van der Waals surface area contributed by atoms with Crippen molar-refractivity contribution in [2.24, 2.45) is 5.41 Å². The van der Waals surface area contributed by atoms with Crippen LogP contribution in [0, 0.1) is 31.1 Å². The molecule has 0 amide bonds. The molecule has 0 aliphatic carbocycles. The lowest BCUT2D eigenvalue weighted by atomic mass is 9.89. The van der Waals surface area contributed by atoms with E-state index in [1.807, 2.05) is 39.8 Å². The molecule has 0 spiro atoms. The van der Waals surface area contributed by atoms with Crippen molar-refractivity contribution in [3.05, 3.63) is 64.2 Å². The van der Waals surface area contributed by atoms with Crippen molar-refractivity contribution in [3.8, 4) is 17.6 Å². The lowest BCUT2D eigenvalue weighted by Crippen LogP contribution is -2.23. The van der Waals surface area contributed by atoms with Gasteiger partial charge >= 0.3 is 0 Å². The highest BCUT2D eigenvalue weighted by Gasteiger charge is 2.19. The second-order valence-electron chi connectivity index (χ2n) is 8.62. The van der Waals surface area contributed by atoms with Gasteiger partial charge in [-0.2, -0.15) is 0 Å². The van der Waals surface area contributed by atoms with Gasteiger partial charge in [-0.25, -0.2) is 0 Å². The molecule has 0 saturated heterocycles. The van der Waals surface area contributed by atoms with E-state index in [1.165, 1.54) is 11.1 Å². The Morgan fingerprint density at radius 3 is 2.11 bits per heavy atom. The summed E-state index contributed by atoms with van der Waals surface area (Å²) in [4.78, 5) is 0. The van der Waals surface area contributed by atoms with Crippen LogP contribution in [-0.4, -0.2) is 29.0 Å². The monoisotopic (exact) mass is 380 g/mol. The van der Waals surface area contributed by atoms with Crippen LogP contribution in [0.15, 0.2) is 36.4 Å². The van der Waals surface area contributed by atoms with Gasteiger partial charge in [0.2, 0.25) is 0 Å². The van der Waals surface area contributed by atoms with Gasteiger partial charge in [-0.1, -0.05) is 56.9 Å². The van der Waals surface area contributed by atoms with E-state index in [9.17, 15) is 10.2 Å². The highest BCUT2D eigenvalue weighted by atomic mass is 16.5. The average molecular weight is 381 g/mol. The number of aliphatic hydroxyl groups excluding tert-OH is 2. The molecular weight excluding hydrogens is 348 g/mol. The van der Waals surface area contributed by atoms with Crippen LogP contribution in [-0.2, 0) is 6.42 Å². The van der Waals surface area contributed by atoms with E-state index in [0.717, 1.165) is 28.9 Å². The van der Waals surface area contributed by atoms with Crippen molar-refractivity contribution in [3.63, 3.8) is 0 Å². The summed E-state index contributed by atoms with van der Waals surface area (Å²) in [6.07, 6.45) is -0.297. The molecule has 0 aromatic heterocycles. The Morgan fingerprint density at radius 2 is 1.57 bits per heavy atom. The first-order valence-electron chi connectivity index (χ1n) is 9.76. The predicted molar refractivity (Wildman–Crippen MR) is 115 cm³/mol. The standard InChI is InChI=1S/C25H32O3/c1-17-13-20(7-9-22(17)10-12-24(27)25(4,5)6)15-21-8-11-23(18(2)14-21)28-16-19(3)26/h7-9,11,13-14,19,24,26-27H,15-16H2,1-6H3. The van der Waals surface area contributed by atoms with E-state index in [1.54, 1.807) is 6.92 Å². The number of benzene rings is 2. The molecule has 0 saturated carbocycles. The highest BCUT2D eigenvalue weighted by molar-refractivity contribution is 5.45. The van der Waals surface area contributed by atoms with Gasteiger partial charge in [-0.15, -0.1) is 0 Å². The minimum atomic E-state index is -0.649. The first-order chi connectivity index (χ1) is 13.1. The molecule has 2 rings (SSSR count). The number of hydrogen-bond donors (Lipinski definition) is 2. The van der Waals surface area contributed by atoms with Gasteiger partial charge in [-0.3, -0.25) is 0 Å². The number of hydrogen-bond acceptors (Lipinski definition) is 3. The topological polar surface area (TPSA) is 49.7 Å². The Hall–Kier alpha value is -2.28. The second-order valence-corrected chi connectivity index (χ2v) is 8.62. The minimum absolute atomic E-state index is 0.246. The van der Waals surface area contributed by atoms with Crippen LogP contribution in [0.3, 0.4) is 0 Å². The fraction of sp³-hybridized carbons (Fsp3) is 0.440. The predicted octanol–water partition coefficient (Wildman–Crippen LogP) is 4.41. The van der Waals surface area contributed by atoms with Crippen molar-refractivity contribution in [2.75, 3.05) is 6.61 Å². The van der Waals surface area contributed by atoms with Crippen LogP contribution in [0.5, 0.6) is 5.75 Å². The maximum atomic E-state index is 10.1. The van der Waals surface area contributed by atoms with Gasteiger partial charge in [0.25, 0.3) is 0 Å². The van der Waals surface area contributed by atoms with E-state index in [4.69, 9.17) is 4.74 Å². The van der Waals surface area contributed by atoms with Crippen LogP contribution >= 0.6 is 0 Å². The molecule has 2 N–H and O–H groups in total. The summed E-state index contributed by atoms with van der Waals surface area (Å²) < 4.78 is 5.62. The molecule has 0 aliphatic heterocycles. The first kappa shape index (κ1) is 22.0.